The third kappa shape index (κ3) is 3.28. The van der Waals surface area contributed by atoms with Crippen molar-refractivity contribution in [3.05, 3.63) is 88.4 Å². The van der Waals surface area contributed by atoms with E-state index in [1.165, 1.54) is 12.1 Å². The van der Waals surface area contributed by atoms with E-state index in [-0.39, 0.29) is 11.6 Å². The second kappa shape index (κ2) is 6.75. The lowest BCUT2D eigenvalue weighted by Crippen LogP contribution is -2.22. The highest BCUT2D eigenvalue weighted by molar-refractivity contribution is 6.07. The van der Waals surface area contributed by atoms with Crippen LogP contribution in [0, 0.1) is 10.1 Å². The summed E-state index contributed by atoms with van der Waals surface area (Å²) in [6, 6.07) is 13.9. The van der Waals surface area contributed by atoms with Crippen molar-refractivity contribution in [2.75, 3.05) is 0 Å². The van der Waals surface area contributed by atoms with Crippen LogP contribution in [0.3, 0.4) is 0 Å². The van der Waals surface area contributed by atoms with Gasteiger partial charge in [0.05, 0.1) is 16.2 Å². The smallest absolute Gasteiger partial charge is 0.270 e. The minimum absolute atomic E-state index is 0.0506. The number of aromatic amines is 1. The minimum Gasteiger partial charge on any atom is -0.360 e. The molecular formula is C19H15N5O3. The van der Waals surface area contributed by atoms with Crippen LogP contribution in [0.15, 0.2) is 67.1 Å². The largest absolute Gasteiger partial charge is 0.360 e. The molecule has 0 bridgehead atoms. The predicted molar refractivity (Wildman–Crippen MR) is 99.7 cm³/mol. The number of benzene rings is 2. The SMILES string of the molecule is O=C(NCc1ccc(-n2cccn2)cc1)c1c[nH]c2ccc([N+](=O)[O-])cc12. The molecule has 2 aromatic heterocycles. The van der Waals surface area contributed by atoms with Crippen LogP contribution in [0.4, 0.5) is 5.69 Å². The molecule has 2 heterocycles. The van der Waals surface area contributed by atoms with Crippen LogP contribution in [0.2, 0.25) is 0 Å². The Morgan fingerprint density at radius 2 is 2.04 bits per heavy atom. The van der Waals surface area contributed by atoms with Crippen LogP contribution in [-0.4, -0.2) is 25.6 Å². The van der Waals surface area contributed by atoms with Gasteiger partial charge in [-0.1, -0.05) is 12.1 Å². The van der Waals surface area contributed by atoms with E-state index >= 15 is 0 Å². The number of carbonyl (C=O) groups excluding carboxylic acids is 1. The van der Waals surface area contributed by atoms with E-state index in [9.17, 15) is 14.9 Å². The molecule has 0 atom stereocenters. The zero-order valence-corrected chi connectivity index (χ0v) is 14.1. The summed E-state index contributed by atoms with van der Waals surface area (Å²) in [5.41, 5.74) is 2.87. The number of nitro groups is 1. The van der Waals surface area contributed by atoms with E-state index in [1.807, 2.05) is 36.5 Å². The average molecular weight is 361 g/mol. The summed E-state index contributed by atoms with van der Waals surface area (Å²) in [7, 11) is 0. The molecule has 8 nitrogen and oxygen atoms in total. The molecule has 0 saturated carbocycles. The molecule has 0 aliphatic carbocycles. The Hall–Kier alpha value is -3.94. The second-order valence-electron chi connectivity index (χ2n) is 5.99. The Kier molecular flexibility index (Phi) is 4.13. The molecule has 2 aromatic carbocycles. The number of nitrogens with zero attached hydrogens (tertiary/aromatic N) is 3. The van der Waals surface area contributed by atoms with Crippen molar-refractivity contribution >= 4 is 22.5 Å². The monoisotopic (exact) mass is 361 g/mol. The van der Waals surface area contributed by atoms with Crippen molar-refractivity contribution in [2.24, 2.45) is 0 Å². The standard InChI is InChI=1S/C19H15N5O3/c25-19(17-12-20-18-7-6-15(24(26)27)10-16(17)18)21-11-13-2-4-14(5-3-13)23-9-1-8-22-23/h1-10,12,20H,11H2,(H,21,25). The zero-order chi connectivity index (χ0) is 18.8. The summed E-state index contributed by atoms with van der Waals surface area (Å²) in [4.78, 5) is 26.0. The summed E-state index contributed by atoms with van der Waals surface area (Å²) < 4.78 is 1.75. The van der Waals surface area contributed by atoms with E-state index in [2.05, 4.69) is 15.4 Å². The van der Waals surface area contributed by atoms with Gasteiger partial charge in [0.1, 0.15) is 0 Å². The van der Waals surface area contributed by atoms with Crippen molar-refractivity contribution in [2.45, 2.75) is 6.54 Å². The topological polar surface area (TPSA) is 106 Å². The highest BCUT2D eigenvalue weighted by Crippen LogP contribution is 2.23. The number of aromatic nitrogens is 3. The molecular weight excluding hydrogens is 346 g/mol. The Morgan fingerprint density at radius 3 is 2.74 bits per heavy atom. The lowest BCUT2D eigenvalue weighted by molar-refractivity contribution is -0.384. The molecule has 134 valence electrons. The minimum atomic E-state index is -0.477. The third-order valence-corrected chi connectivity index (χ3v) is 4.28. The van der Waals surface area contributed by atoms with Crippen molar-refractivity contribution in [3.63, 3.8) is 0 Å². The molecule has 0 radical (unpaired) electrons. The van der Waals surface area contributed by atoms with Gasteiger partial charge in [-0.25, -0.2) is 4.68 Å². The highest BCUT2D eigenvalue weighted by atomic mass is 16.6. The quantitative estimate of drug-likeness (QED) is 0.420. The van der Waals surface area contributed by atoms with Gasteiger partial charge in [0.15, 0.2) is 0 Å². The molecule has 0 fully saturated rings. The van der Waals surface area contributed by atoms with Crippen LogP contribution in [0.25, 0.3) is 16.6 Å². The molecule has 1 amide bonds. The molecule has 8 heteroatoms. The van der Waals surface area contributed by atoms with Gasteiger partial charge in [-0.05, 0) is 29.8 Å². The number of carbonyl (C=O) groups is 1. The molecule has 27 heavy (non-hydrogen) atoms. The Bertz CT molecular complexity index is 1110. The average Bonchev–Trinajstić information content (AvgIpc) is 3.36. The fourth-order valence-electron chi connectivity index (χ4n) is 2.88. The number of nitro benzene ring substituents is 1. The van der Waals surface area contributed by atoms with Gasteiger partial charge in [-0.2, -0.15) is 5.10 Å². The lowest BCUT2D eigenvalue weighted by atomic mass is 10.1. The first-order chi connectivity index (χ1) is 13.1. The number of hydrogen-bond acceptors (Lipinski definition) is 4. The van der Waals surface area contributed by atoms with E-state index in [0.717, 1.165) is 11.3 Å². The predicted octanol–water partition coefficient (Wildman–Crippen LogP) is 3.19. The maximum absolute atomic E-state index is 12.5. The van der Waals surface area contributed by atoms with Crippen LogP contribution >= 0.6 is 0 Å². The van der Waals surface area contributed by atoms with Crippen molar-refractivity contribution in [3.8, 4) is 5.69 Å². The molecule has 0 saturated heterocycles. The number of H-pyrrole nitrogens is 1. The van der Waals surface area contributed by atoms with Crippen LogP contribution in [0.5, 0.6) is 0 Å². The Labute approximate surface area is 153 Å². The molecule has 0 spiro atoms. The molecule has 0 unspecified atom stereocenters. The Morgan fingerprint density at radius 1 is 1.22 bits per heavy atom. The normalized spacial score (nSPS) is 10.8. The number of non-ortho nitro benzene ring substituents is 1. The van der Waals surface area contributed by atoms with Crippen molar-refractivity contribution in [1.29, 1.82) is 0 Å². The fraction of sp³-hybridized carbons (Fsp3) is 0.0526. The summed E-state index contributed by atoms with van der Waals surface area (Å²) in [6.07, 6.45) is 5.12. The zero-order valence-electron chi connectivity index (χ0n) is 14.1. The summed E-state index contributed by atoms with van der Waals surface area (Å²) >= 11 is 0. The molecule has 4 rings (SSSR count). The van der Waals surface area contributed by atoms with Gasteiger partial charge in [-0.3, -0.25) is 14.9 Å². The third-order valence-electron chi connectivity index (χ3n) is 4.28. The van der Waals surface area contributed by atoms with E-state index in [1.54, 1.807) is 23.1 Å². The fourth-order valence-corrected chi connectivity index (χ4v) is 2.88. The van der Waals surface area contributed by atoms with E-state index in [0.29, 0.717) is 23.0 Å². The molecule has 4 aromatic rings. The van der Waals surface area contributed by atoms with Crippen molar-refractivity contribution < 1.29 is 9.72 Å². The Balaban J connectivity index is 1.49. The first-order valence-corrected chi connectivity index (χ1v) is 8.24. The first kappa shape index (κ1) is 16.5. The van der Waals surface area contributed by atoms with Gasteiger partial charge in [-0.15, -0.1) is 0 Å². The van der Waals surface area contributed by atoms with Gasteiger partial charge in [0.2, 0.25) is 0 Å². The van der Waals surface area contributed by atoms with E-state index in [4.69, 9.17) is 0 Å². The van der Waals surface area contributed by atoms with Gasteiger partial charge in [0, 0.05) is 48.2 Å². The lowest BCUT2D eigenvalue weighted by Gasteiger charge is -2.06. The highest BCUT2D eigenvalue weighted by Gasteiger charge is 2.15. The molecule has 2 N–H and O–H groups in total. The summed E-state index contributed by atoms with van der Waals surface area (Å²) in [6.45, 7) is 0.347. The van der Waals surface area contributed by atoms with Gasteiger partial charge < -0.3 is 10.3 Å². The van der Waals surface area contributed by atoms with Gasteiger partial charge >= 0.3 is 0 Å². The van der Waals surface area contributed by atoms with Crippen molar-refractivity contribution in [1.82, 2.24) is 20.1 Å². The number of nitrogens with one attached hydrogen (secondary N) is 2. The maximum atomic E-state index is 12.5. The number of hydrogen-bond donors (Lipinski definition) is 2. The number of rotatable bonds is 5. The molecule has 0 aliphatic rings. The maximum Gasteiger partial charge on any atom is 0.270 e. The summed E-state index contributed by atoms with van der Waals surface area (Å²) in [5, 5.41) is 18.5. The first-order valence-electron chi connectivity index (χ1n) is 8.24. The van der Waals surface area contributed by atoms with E-state index < -0.39 is 4.92 Å². The van der Waals surface area contributed by atoms with Crippen LogP contribution in [-0.2, 0) is 6.54 Å². The number of amides is 1. The number of fused-ring (bicyclic) bond motifs is 1. The van der Waals surface area contributed by atoms with Gasteiger partial charge in [0.25, 0.3) is 11.6 Å². The molecule has 0 aliphatic heterocycles. The second-order valence-corrected chi connectivity index (χ2v) is 5.99. The van der Waals surface area contributed by atoms with Crippen LogP contribution < -0.4 is 5.32 Å². The van der Waals surface area contributed by atoms with Crippen LogP contribution in [0.1, 0.15) is 15.9 Å². The summed E-state index contributed by atoms with van der Waals surface area (Å²) in [5.74, 6) is -0.294.